The van der Waals surface area contributed by atoms with Crippen molar-refractivity contribution in [1.29, 1.82) is 0 Å². The molecule has 0 unspecified atom stereocenters. The van der Waals surface area contributed by atoms with Crippen LogP contribution in [0.3, 0.4) is 0 Å². The van der Waals surface area contributed by atoms with Gasteiger partial charge in [-0.1, -0.05) is 0 Å². The molecule has 39 heavy (non-hydrogen) atoms. The number of benzene rings is 1. The van der Waals surface area contributed by atoms with E-state index in [1.54, 1.807) is 0 Å². The third-order valence-electron chi connectivity index (χ3n) is 6.90. The fourth-order valence-corrected chi connectivity index (χ4v) is 4.91. The van der Waals surface area contributed by atoms with E-state index in [-0.39, 0.29) is 35.7 Å². The number of ether oxygens (including phenoxy) is 1. The highest BCUT2D eigenvalue weighted by Gasteiger charge is 2.51. The molecule has 2 amide bonds. The fraction of sp³-hybridized carbons (Fsp3) is 0.417. The maximum Gasteiger partial charge on any atom is 0.418 e. The molecule has 2 atom stereocenters. The molecule has 3 aromatic rings. The van der Waals surface area contributed by atoms with Crippen LogP contribution in [0, 0.1) is 5.92 Å². The van der Waals surface area contributed by atoms with Crippen LogP contribution in [0.25, 0.3) is 16.8 Å². The lowest BCUT2D eigenvalue weighted by atomic mass is 9.80. The summed E-state index contributed by atoms with van der Waals surface area (Å²) in [5.41, 5.74) is 4.15. The van der Waals surface area contributed by atoms with Crippen molar-refractivity contribution in [3.63, 3.8) is 0 Å². The Morgan fingerprint density at radius 1 is 1.15 bits per heavy atom. The molecule has 3 N–H and O–H groups in total. The average molecular weight is 556 g/mol. The van der Waals surface area contributed by atoms with Gasteiger partial charge in [0.15, 0.2) is 5.82 Å². The molecule has 2 aliphatic rings. The molecule has 1 aliphatic heterocycles. The minimum atomic E-state index is -4.78. The highest BCUT2D eigenvalue weighted by molar-refractivity contribution is 5.96. The average Bonchev–Trinajstić information content (AvgIpc) is 3.43. The van der Waals surface area contributed by atoms with Crippen molar-refractivity contribution >= 4 is 23.1 Å². The van der Waals surface area contributed by atoms with Crippen molar-refractivity contribution in [2.24, 2.45) is 5.92 Å². The van der Waals surface area contributed by atoms with E-state index < -0.39 is 71.8 Å². The number of halogens is 6. The second kappa shape index (κ2) is 9.31. The van der Waals surface area contributed by atoms with Gasteiger partial charge in [0, 0.05) is 36.4 Å². The van der Waals surface area contributed by atoms with Crippen molar-refractivity contribution in [2.75, 3.05) is 25.9 Å². The van der Waals surface area contributed by atoms with E-state index in [0.29, 0.717) is 0 Å². The lowest BCUT2D eigenvalue weighted by molar-refractivity contribution is -0.159. The number of hydrogen-bond donors (Lipinski definition) is 2. The quantitative estimate of drug-likeness (QED) is 0.466. The molecule has 0 radical (unpaired) electrons. The smallest absolute Gasteiger partial charge is 0.418 e. The Labute approximate surface area is 216 Å². The van der Waals surface area contributed by atoms with Gasteiger partial charge in [-0.05, 0) is 24.3 Å². The number of nitrogen functional groups attached to an aromatic ring is 1. The number of amides is 2. The summed E-state index contributed by atoms with van der Waals surface area (Å²) in [5.74, 6) is -5.45. The number of carbonyl (C=O) groups is 2. The molecule has 0 spiro atoms. The van der Waals surface area contributed by atoms with Gasteiger partial charge in [0.05, 0.1) is 31.0 Å². The number of rotatable bonds is 5. The van der Waals surface area contributed by atoms with Crippen molar-refractivity contribution < 1.29 is 40.7 Å². The predicted molar refractivity (Wildman–Crippen MR) is 125 cm³/mol. The Morgan fingerprint density at radius 2 is 1.87 bits per heavy atom. The number of nitrogens with zero attached hydrogens (tertiary/aromatic N) is 4. The molecule has 1 aliphatic carbocycles. The monoisotopic (exact) mass is 556 g/mol. The molecule has 1 aromatic carbocycles. The number of methoxy groups -OCH3 is 1. The van der Waals surface area contributed by atoms with E-state index in [2.05, 4.69) is 15.4 Å². The number of hydrogen-bond acceptors (Lipinski definition) is 6. The highest BCUT2D eigenvalue weighted by Crippen LogP contribution is 2.43. The summed E-state index contributed by atoms with van der Waals surface area (Å²) in [7, 11) is 1.29. The van der Waals surface area contributed by atoms with Crippen LogP contribution in [0.5, 0.6) is 5.75 Å². The second-order valence-corrected chi connectivity index (χ2v) is 9.60. The molecule has 208 valence electrons. The number of carbonyl (C=O) groups excluding carboxylic acids is 2. The lowest BCUT2D eigenvalue weighted by Gasteiger charge is -2.36. The Balaban J connectivity index is 1.41. The van der Waals surface area contributed by atoms with Crippen molar-refractivity contribution in [1.82, 2.24) is 24.8 Å². The largest absolute Gasteiger partial charge is 0.497 e. The molecule has 3 heterocycles. The summed E-state index contributed by atoms with van der Waals surface area (Å²) in [4.78, 5) is 30.3. The first-order valence-corrected chi connectivity index (χ1v) is 11.8. The first kappa shape index (κ1) is 26.6. The third-order valence-corrected chi connectivity index (χ3v) is 6.90. The van der Waals surface area contributed by atoms with Gasteiger partial charge in [0.25, 0.3) is 5.91 Å². The zero-order valence-electron chi connectivity index (χ0n) is 20.3. The van der Waals surface area contributed by atoms with Crippen LogP contribution in [-0.2, 0) is 11.0 Å². The standard InChI is InChI=1S/C24H22F6N6O3/c1-39-14-3-11(18-5-15(24(28,29)30)19-20(31)32-10-33-36(18)19)2-12(4-14)21(37)34-17-9-35(8-16(17)25)22(38)13-6-23(26,27)7-13/h2-5,10,13,16-17H,6-9H2,1H3,(H,34,37)(H2,31,32,33)/t16-,17+/m0/s1. The molecule has 2 fully saturated rings. The Bertz CT molecular complexity index is 1450. The van der Waals surface area contributed by atoms with Crippen LogP contribution >= 0.6 is 0 Å². The van der Waals surface area contributed by atoms with Crippen LogP contribution in [0.15, 0.2) is 30.6 Å². The van der Waals surface area contributed by atoms with Crippen molar-refractivity contribution in [3.8, 4) is 17.0 Å². The molecular formula is C24H22F6N6O3. The lowest BCUT2D eigenvalue weighted by Crippen LogP contribution is -2.47. The summed E-state index contributed by atoms with van der Waals surface area (Å²) in [6.45, 7) is -0.564. The van der Waals surface area contributed by atoms with Gasteiger partial charge in [0.1, 0.15) is 23.8 Å². The predicted octanol–water partition coefficient (Wildman–Crippen LogP) is 3.33. The zero-order chi connectivity index (χ0) is 28.3. The van der Waals surface area contributed by atoms with Gasteiger partial charge in [-0.2, -0.15) is 18.3 Å². The Hall–Kier alpha value is -4.04. The summed E-state index contributed by atoms with van der Waals surface area (Å²) in [6, 6.07) is 3.68. The number of nitrogens with two attached hydrogens (primary N) is 1. The fourth-order valence-electron chi connectivity index (χ4n) is 4.91. The van der Waals surface area contributed by atoms with Gasteiger partial charge in [-0.15, -0.1) is 0 Å². The minimum absolute atomic E-state index is 0.0577. The van der Waals surface area contributed by atoms with Crippen molar-refractivity contribution in [2.45, 2.75) is 37.2 Å². The van der Waals surface area contributed by atoms with E-state index in [4.69, 9.17) is 10.5 Å². The number of anilines is 1. The SMILES string of the molecule is COc1cc(C(=O)N[C@@H]2CN(C(=O)C3CC(F)(F)C3)C[C@@H]2F)cc(-c2cc(C(F)(F)F)c3c(N)ncnn23)c1. The van der Waals surface area contributed by atoms with Gasteiger partial charge in [-0.25, -0.2) is 22.7 Å². The first-order chi connectivity index (χ1) is 18.3. The van der Waals surface area contributed by atoms with E-state index in [0.717, 1.165) is 21.8 Å². The van der Waals surface area contributed by atoms with E-state index in [9.17, 15) is 35.9 Å². The van der Waals surface area contributed by atoms with Crippen LogP contribution in [0.2, 0.25) is 0 Å². The number of alkyl halides is 6. The summed E-state index contributed by atoms with van der Waals surface area (Å²) in [6.07, 6.45) is -6.63. The molecule has 9 nitrogen and oxygen atoms in total. The summed E-state index contributed by atoms with van der Waals surface area (Å²) < 4.78 is 88.4. The molecule has 2 aromatic heterocycles. The normalized spacial score (nSPS) is 21.2. The van der Waals surface area contributed by atoms with Crippen molar-refractivity contribution in [3.05, 3.63) is 41.7 Å². The van der Waals surface area contributed by atoms with Crippen LogP contribution in [0.4, 0.5) is 32.2 Å². The van der Waals surface area contributed by atoms with Gasteiger partial charge in [-0.3, -0.25) is 9.59 Å². The van der Waals surface area contributed by atoms with Crippen LogP contribution in [0.1, 0.15) is 28.8 Å². The molecule has 5 rings (SSSR count). The maximum absolute atomic E-state index is 14.7. The number of likely N-dealkylation sites (tertiary alicyclic amines) is 1. The Morgan fingerprint density at radius 3 is 2.51 bits per heavy atom. The van der Waals surface area contributed by atoms with Crippen LogP contribution < -0.4 is 15.8 Å². The number of aromatic nitrogens is 3. The summed E-state index contributed by atoms with van der Waals surface area (Å²) >= 11 is 0. The number of fused-ring (bicyclic) bond motifs is 1. The highest BCUT2D eigenvalue weighted by atomic mass is 19.4. The minimum Gasteiger partial charge on any atom is -0.497 e. The van der Waals surface area contributed by atoms with Gasteiger partial charge in [0.2, 0.25) is 11.8 Å². The van der Waals surface area contributed by atoms with E-state index in [1.807, 2.05) is 0 Å². The molecule has 1 saturated heterocycles. The molecular weight excluding hydrogens is 534 g/mol. The van der Waals surface area contributed by atoms with E-state index in [1.165, 1.54) is 25.3 Å². The second-order valence-electron chi connectivity index (χ2n) is 9.60. The van der Waals surface area contributed by atoms with Gasteiger partial charge >= 0.3 is 6.18 Å². The number of nitrogens with one attached hydrogen (secondary N) is 1. The zero-order valence-corrected chi connectivity index (χ0v) is 20.3. The Kier molecular flexibility index (Phi) is 6.34. The summed E-state index contributed by atoms with van der Waals surface area (Å²) in [5, 5.41) is 6.37. The molecule has 15 heteroatoms. The first-order valence-electron chi connectivity index (χ1n) is 11.8. The maximum atomic E-state index is 14.7. The van der Waals surface area contributed by atoms with Gasteiger partial charge < -0.3 is 20.7 Å². The van der Waals surface area contributed by atoms with E-state index >= 15 is 0 Å². The van der Waals surface area contributed by atoms with Crippen LogP contribution in [-0.4, -0.2) is 69.6 Å². The topological polar surface area (TPSA) is 115 Å². The third kappa shape index (κ3) is 4.92. The molecule has 1 saturated carbocycles. The molecule has 0 bridgehead atoms.